The second kappa shape index (κ2) is 4.70. The SMILES string of the molecule is O=c1c2c[nH]c3cc(F)c(F)cc3c-2nn1-c1ccccc1F. The Kier molecular flexibility index (Phi) is 2.77. The van der Waals surface area contributed by atoms with E-state index in [1.165, 1.54) is 24.4 Å². The third kappa shape index (κ3) is 1.93. The number of nitrogens with one attached hydrogen (secondary N) is 1. The van der Waals surface area contributed by atoms with Crippen molar-refractivity contribution in [3.05, 3.63) is 70.4 Å². The molecular formula is C16H8F3N3O. The van der Waals surface area contributed by atoms with Gasteiger partial charge in [-0.25, -0.2) is 13.2 Å². The lowest BCUT2D eigenvalue weighted by Crippen LogP contribution is -2.15. The molecule has 23 heavy (non-hydrogen) atoms. The molecule has 0 aromatic heterocycles. The number of pyridine rings is 1. The minimum Gasteiger partial charge on any atom is -0.360 e. The highest BCUT2D eigenvalue weighted by molar-refractivity contribution is 5.93. The molecule has 7 heteroatoms. The van der Waals surface area contributed by atoms with Crippen LogP contribution in [0.4, 0.5) is 13.2 Å². The zero-order valence-electron chi connectivity index (χ0n) is 11.5. The van der Waals surface area contributed by atoms with Gasteiger partial charge < -0.3 is 4.98 Å². The van der Waals surface area contributed by atoms with Gasteiger partial charge in [0, 0.05) is 17.6 Å². The van der Waals surface area contributed by atoms with Crippen molar-refractivity contribution in [2.45, 2.75) is 0 Å². The first-order valence-electron chi connectivity index (χ1n) is 6.70. The second-order valence-corrected chi connectivity index (χ2v) is 5.03. The first kappa shape index (κ1) is 13.6. The Morgan fingerprint density at radius 3 is 2.52 bits per heavy atom. The predicted molar refractivity (Wildman–Crippen MR) is 78.2 cm³/mol. The van der Waals surface area contributed by atoms with Crippen LogP contribution in [0.3, 0.4) is 0 Å². The Balaban J connectivity index is 2.10. The maximum absolute atomic E-state index is 13.9. The van der Waals surface area contributed by atoms with E-state index in [-0.39, 0.29) is 27.8 Å². The van der Waals surface area contributed by atoms with E-state index in [9.17, 15) is 18.0 Å². The Morgan fingerprint density at radius 2 is 1.74 bits per heavy atom. The number of hydrogen-bond donors (Lipinski definition) is 1. The first-order chi connectivity index (χ1) is 11.1. The molecule has 0 aliphatic carbocycles. The molecule has 2 aromatic rings. The summed E-state index contributed by atoms with van der Waals surface area (Å²) >= 11 is 0. The molecule has 2 aromatic carbocycles. The summed E-state index contributed by atoms with van der Waals surface area (Å²) in [5, 5.41) is 4.34. The van der Waals surface area contributed by atoms with E-state index in [2.05, 4.69) is 10.1 Å². The quantitative estimate of drug-likeness (QED) is 0.586. The van der Waals surface area contributed by atoms with E-state index in [1.807, 2.05) is 0 Å². The third-order valence-corrected chi connectivity index (χ3v) is 3.65. The van der Waals surface area contributed by atoms with Gasteiger partial charge in [-0.15, -0.1) is 0 Å². The van der Waals surface area contributed by atoms with Gasteiger partial charge in [0.25, 0.3) is 5.56 Å². The van der Waals surface area contributed by atoms with E-state index in [0.29, 0.717) is 0 Å². The fourth-order valence-corrected chi connectivity index (χ4v) is 2.54. The maximum Gasteiger partial charge on any atom is 0.282 e. The van der Waals surface area contributed by atoms with Crippen LogP contribution in [0, 0.1) is 17.5 Å². The number of benzene rings is 2. The number of H-pyrrole nitrogens is 1. The van der Waals surface area contributed by atoms with Gasteiger partial charge in [-0.05, 0) is 18.2 Å². The van der Waals surface area contributed by atoms with Gasteiger partial charge in [0.2, 0.25) is 0 Å². The molecule has 1 N–H and O–H groups in total. The van der Waals surface area contributed by atoms with Crippen molar-refractivity contribution in [3.8, 4) is 16.9 Å². The number of aromatic nitrogens is 3. The zero-order chi connectivity index (χ0) is 16.1. The van der Waals surface area contributed by atoms with Crippen molar-refractivity contribution in [1.82, 2.24) is 14.8 Å². The smallest absolute Gasteiger partial charge is 0.282 e. The van der Waals surface area contributed by atoms with Crippen LogP contribution in [0.2, 0.25) is 0 Å². The van der Waals surface area contributed by atoms with E-state index in [1.54, 1.807) is 6.07 Å². The summed E-state index contributed by atoms with van der Waals surface area (Å²) in [5.74, 6) is -2.67. The summed E-state index contributed by atoms with van der Waals surface area (Å²) in [6.07, 6.45) is 1.35. The number of halogens is 3. The van der Waals surface area contributed by atoms with Crippen LogP contribution in [0.15, 0.2) is 47.4 Å². The van der Waals surface area contributed by atoms with Crippen molar-refractivity contribution >= 4 is 10.9 Å². The van der Waals surface area contributed by atoms with Crippen LogP contribution in [0.5, 0.6) is 0 Å². The third-order valence-electron chi connectivity index (χ3n) is 3.65. The number of aromatic amines is 1. The molecular weight excluding hydrogens is 307 g/mol. The molecule has 0 spiro atoms. The fraction of sp³-hybridized carbons (Fsp3) is 0. The highest BCUT2D eigenvalue weighted by atomic mass is 19.2. The maximum atomic E-state index is 13.9. The molecule has 114 valence electrons. The molecule has 4 rings (SSSR count). The summed E-state index contributed by atoms with van der Waals surface area (Å²) < 4.78 is 41.6. The Labute approximate surface area is 127 Å². The molecule has 0 atom stereocenters. The lowest BCUT2D eigenvalue weighted by Gasteiger charge is -2.03. The average molecular weight is 315 g/mol. The van der Waals surface area contributed by atoms with Crippen LogP contribution in [0.1, 0.15) is 0 Å². The van der Waals surface area contributed by atoms with E-state index in [0.717, 1.165) is 16.8 Å². The van der Waals surface area contributed by atoms with Crippen LogP contribution in [0.25, 0.3) is 27.8 Å². The normalized spacial score (nSPS) is 11.4. The first-order valence-corrected chi connectivity index (χ1v) is 6.70. The van der Waals surface area contributed by atoms with Crippen molar-refractivity contribution in [3.63, 3.8) is 0 Å². The Bertz CT molecular complexity index is 1080. The molecule has 0 radical (unpaired) electrons. The Hall–Kier alpha value is -3.09. The molecule has 0 saturated carbocycles. The summed E-state index contributed by atoms with van der Waals surface area (Å²) in [4.78, 5) is 15.2. The number of nitrogens with zero attached hydrogens (tertiary/aromatic N) is 2. The van der Waals surface area contributed by atoms with Gasteiger partial charge in [0.1, 0.15) is 17.2 Å². The van der Waals surface area contributed by atoms with Crippen molar-refractivity contribution in [2.75, 3.05) is 0 Å². The van der Waals surface area contributed by atoms with Crippen LogP contribution in [-0.2, 0) is 0 Å². The molecule has 0 bridgehead atoms. The van der Waals surface area contributed by atoms with E-state index >= 15 is 0 Å². The lowest BCUT2D eigenvalue weighted by molar-refractivity contribution is 0.510. The number of hydrogen-bond acceptors (Lipinski definition) is 2. The molecule has 4 nitrogen and oxygen atoms in total. The molecule has 0 amide bonds. The monoisotopic (exact) mass is 315 g/mol. The van der Waals surface area contributed by atoms with Crippen molar-refractivity contribution in [2.24, 2.45) is 0 Å². The predicted octanol–water partition coefficient (Wildman–Crippen LogP) is 3.24. The van der Waals surface area contributed by atoms with Crippen LogP contribution < -0.4 is 5.56 Å². The highest BCUT2D eigenvalue weighted by Gasteiger charge is 2.21. The molecule has 0 fully saturated rings. The summed E-state index contributed by atoms with van der Waals surface area (Å²) in [5.41, 5.74) is 0.0599. The molecule has 2 aliphatic rings. The van der Waals surface area contributed by atoms with Gasteiger partial charge >= 0.3 is 0 Å². The topological polar surface area (TPSA) is 50.7 Å². The average Bonchev–Trinajstić information content (AvgIpc) is 2.87. The van der Waals surface area contributed by atoms with E-state index < -0.39 is 23.0 Å². The summed E-state index contributed by atoms with van der Waals surface area (Å²) in [7, 11) is 0. The van der Waals surface area contributed by atoms with Gasteiger partial charge in [-0.2, -0.15) is 9.78 Å². The molecule has 0 unspecified atom stereocenters. The fourth-order valence-electron chi connectivity index (χ4n) is 2.54. The van der Waals surface area contributed by atoms with Crippen molar-refractivity contribution < 1.29 is 13.2 Å². The number of fused-ring (bicyclic) bond motifs is 3. The van der Waals surface area contributed by atoms with Gasteiger partial charge in [-0.3, -0.25) is 4.79 Å². The minimum atomic E-state index is -1.05. The van der Waals surface area contributed by atoms with Crippen LogP contribution in [-0.4, -0.2) is 14.8 Å². The second-order valence-electron chi connectivity index (χ2n) is 5.03. The zero-order valence-corrected chi connectivity index (χ0v) is 11.5. The number of rotatable bonds is 1. The standard InChI is InChI=1S/C16H8F3N3O/c17-10-3-1-2-4-14(10)22-16(23)9-7-20-13-6-12(19)11(18)5-8(13)15(9)21-22/h1-7,20H. The van der Waals surface area contributed by atoms with E-state index in [4.69, 9.17) is 0 Å². The summed E-state index contributed by atoms with van der Waals surface area (Å²) in [6, 6.07) is 7.63. The van der Waals surface area contributed by atoms with Crippen molar-refractivity contribution in [1.29, 1.82) is 0 Å². The van der Waals surface area contributed by atoms with Gasteiger partial charge in [0.15, 0.2) is 11.6 Å². The largest absolute Gasteiger partial charge is 0.360 e. The lowest BCUT2D eigenvalue weighted by atomic mass is 10.1. The molecule has 2 aliphatic heterocycles. The number of para-hydroxylation sites is 1. The minimum absolute atomic E-state index is 0.00978. The van der Waals surface area contributed by atoms with Gasteiger partial charge in [0.05, 0.1) is 11.1 Å². The summed E-state index contributed by atoms with van der Waals surface area (Å²) in [6.45, 7) is 0. The highest BCUT2D eigenvalue weighted by Crippen LogP contribution is 2.27. The van der Waals surface area contributed by atoms with Crippen LogP contribution >= 0.6 is 0 Å². The molecule has 2 heterocycles. The molecule has 0 saturated heterocycles. The van der Waals surface area contributed by atoms with Gasteiger partial charge in [-0.1, -0.05) is 12.1 Å². The Morgan fingerprint density at radius 1 is 1.00 bits per heavy atom.